The Bertz CT molecular complexity index is 753. The summed E-state index contributed by atoms with van der Waals surface area (Å²) in [4.78, 5) is 15.8. The van der Waals surface area contributed by atoms with Crippen molar-refractivity contribution in [1.82, 2.24) is 4.90 Å². The molecule has 1 N–H and O–H groups in total. The molecule has 3 rings (SSSR count). The number of thiophene rings is 1. The molecule has 2 heterocycles. The number of carbonyl (C=O) groups is 1. The summed E-state index contributed by atoms with van der Waals surface area (Å²) < 4.78 is 19.4. The Kier molecular flexibility index (Phi) is 5.39. The number of aryl methyl sites for hydroxylation is 1. The van der Waals surface area contributed by atoms with Gasteiger partial charge in [-0.2, -0.15) is 0 Å². The number of hydrogen-bond acceptors (Lipinski definition) is 4. The van der Waals surface area contributed by atoms with Crippen molar-refractivity contribution in [3.05, 3.63) is 51.5 Å². The monoisotopic (exact) mass is 363 g/mol. The minimum absolute atomic E-state index is 0.126. The molecule has 134 valence electrons. The molecule has 0 spiro atoms. The van der Waals surface area contributed by atoms with Gasteiger partial charge in [-0.3, -0.25) is 9.69 Å². The van der Waals surface area contributed by atoms with Gasteiger partial charge >= 0.3 is 5.97 Å². The zero-order chi connectivity index (χ0) is 18.0. The topological polar surface area (TPSA) is 49.8 Å². The normalized spacial score (nSPS) is 17.4. The van der Waals surface area contributed by atoms with Crippen LogP contribution in [0.25, 0.3) is 0 Å². The number of halogens is 1. The molecular formula is C19H22FNO3S. The van der Waals surface area contributed by atoms with E-state index >= 15 is 0 Å². The maximum absolute atomic E-state index is 14.0. The van der Waals surface area contributed by atoms with E-state index in [2.05, 4.69) is 17.0 Å². The summed E-state index contributed by atoms with van der Waals surface area (Å²) in [6, 6.07) is 8.58. The van der Waals surface area contributed by atoms with Crippen LogP contribution in [0.1, 0.15) is 34.2 Å². The van der Waals surface area contributed by atoms with Crippen LogP contribution >= 0.6 is 11.3 Å². The second kappa shape index (κ2) is 7.54. The molecule has 1 fully saturated rings. The number of carboxylic acids is 1. The summed E-state index contributed by atoms with van der Waals surface area (Å²) >= 11 is 1.68. The fraction of sp³-hybridized carbons (Fsp3) is 0.421. The maximum Gasteiger partial charge on any atom is 0.306 e. The quantitative estimate of drug-likeness (QED) is 0.869. The number of nitrogens with zero attached hydrogens (tertiary/aromatic N) is 1. The third-order valence-corrected chi connectivity index (χ3v) is 5.81. The van der Waals surface area contributed by atoms with E-state index in [-0.39, 0.29) is 17.8 Å². The molecule has 0 radical (unpaired) electrons. The molecule has 1 unspecified atom stereocenters. The van der Waals surface area contributed by atoms with Crippen molar-refractivity contribution < 1.29 is 19.0 Å². The number of likely N-dealkylation sites (tertiary alicyclic amines) is 1. The Balaban J connectivity index is 1.97. The minimum atomic E-state index is -0.730. The van der Waals surface area contributed by atoms with E-state index in [4.69, 9.17) is 4.74 Å². The maximum atomic E-state index is 14.0. The van der Waals surface area contributed by atoms with Crippen molar-refractivity contribution in [2.75, 3.05) is 20.2 Å². The van der Waals surface area contributed by atoms with Gasteiger partial charge in [0.05, 0.1) is 19.1 Å². The Labute approximate surface area is 150 Å². The fourth-order valence-corrected chi connectivity index (χ4v) is 4.49. The second-order valence-electron chi connectivity index (χ2n) is 6.39. The van der Waals surface area contributed by atoms with Gasteiger partial charge < -0.3 is 9.84 Å². The van der Waals surface area contributed by atoms with Crippen LogP contribution in [0.2, 0.25) is 0 Å². The second-order valence-corrected chi connectivity index (χ2v) is 7.71. The average Bonchev–Trinajstić information content (AvgIpc) is 3.02. The number of benzene rings is 1. The molecule has 1 aliphatic heterocycles. The van der Waals surface area contributed by atoms with E-state index in [1.54, 1.807) is 24.5 Å². The first kappa shape index (κ1) is 17.9. The highest BCUT2D eigenvalue weighted by molar-refractivity contribution is 7.12. The molecule has 0 bridgehead atoms. The molecule has 1 aromatic carbocycles. The Hall–Kier alpha value is -1.92. The van der Waals surface area contributed by atoms with Gasteiger partial charge in [0.2, 0.25) is 0 Å². The van der Waals surface area contributed by atoms with E-state index in [0.29, 0.717) is 31.7 Å². The van der Waals surface area contributed by atoms with E-state index in [9.17, 15) is 14.3 Å². The van der Waals surface area contributed by atoms with Gasteiger partial charge in [-0.25, -0.2) is 4.39 Å². The third-order valence-electron chi connectivity index (χ3n) is 4.76. The van der Waals surface area contributed by atoms with Gasteiger partial charge in [0.1, 0.15) is 11.6 Å². The van der Waals surface area contributed by atoms with Crippen LogP contribution in [0.15, 0.2) is 30.3 Å². The number of hydrogen-bond donors (Lipinski definition) is 1. The molecule has 1 aromatic heterocycles. The molecule has 1 aliphatic rings. The van der Waals surface area contributed by atoms with Crippen molar-refractivity contribution in [1.29, 1.82) is 0 Å². The summed E-state index contributed by atoms with van der Waals surface area (Å²) in [5.74, 6) is -0.671. The number of piperidine rings is 1. The van der Waals surface area contributed by atoms with Crippen LogP contribution in [-0.2, 0) is 4.79 Å². The number of rotatable bonds is 5. The van der Waals surface area contributed by atoms with Gasteiger partial charge in [0.25, 0.3) is 0 Å². The van der Waals surface area contributed by atoms with Crippen molar-refractivity contribution in [3.63, 3.8) is 0 Å². The Morgan fingerprint density at radius 2 is 2.04 bits per heavy atom. The molecule has 0 aliphatic carbocycles. The molecule has 4 nitrogen and oxygen atoms in total. The number of carboxylic acid groups (broad SMARTS) is 1. The first-order valence-corrected chi connectivity index (χ1v) is 9.18. The summed E-state index contributed by atoms with van der Waals surface area (Å²) in [5, 5.41) is 9.23. The van der Waals surface area contributed by atoms with Crippen molar-refractivity contribution in [2.45, 2.75) is 25.8 Å². The van der Waals surface area contributed by atoms with Gasteiger partial charge in [-0.1, -0.05) is 0 Å². The van der Waals surface area contributed by atoms with Crippen molar-refractivity contribution in [3.8, 4) is 5.75 Å². The Morgan fingerprint density at radius 3 is 2.60 bits per heavy atom. The molecule has 1 atom stereocenters. The van der Waals surface area contributed by atoms with E-state index in [0.717, 1.165) is 10.4 Å². The van der Waals surface area contributed by atoms with Gasteiger partial charge in [0.15, 0.2) is 0 Å². The van der Waals surface area contributed by atoms with Crippen LogP contribution in [0, 0.1) is 18.7 Å². The van der Waals surface area contributed by atoms with E-state index < -0.39 is 5.97 Å². The SMILES string of the molecule is COc1ccc(F)cc1C(c1ccc(C)s1)N1CCC(C(=O)O)CC1. The molecule has 25 heavy (non-hydrogen) atoms. The lowest BCUT2D eigenvalue weighted by atomic mass is 9.93. The fourth-order valence-electron chi connectivity index (χ4n) is 3.45. The largest absolute Gasteiger partial charge is 0.496 e. The molecule has 0 saturated carbocycles. The van der Waals surface area contributed by atoms with Crippen molar-refractivity contribution in [2.24, 2.45) is 5.92 Å². The molecule has 1 saturated heterocycles. The Morgan fingerprint density at radius 1 is 1.32 bits per heavy atom. The standard InChI is InChI=1S/C19H22FNO3S/c1-12-3-6-17(25-12)18(15-11-14(20)4-5-16(15)24-2)21-9-7-13(8-10-21)19(22)23/h3-6,11,13,18H,7-10H2,1-2H3,(H,22,23). The van der Waals surface area contributed by atoms with E-state index in [1.165, 1.54) is 17.0 Å². The lowest BCUT2D eigenvalue weighted by molar-refractivity contribution is -0.143. The summed E-state index contributed by atoms with van der Waals surface area (Å²) in [6.07, 6.45) is 1.21. The highest BCUT2D eigenvalue weighted by Crippen LogP contribution is 2.40. The third kappa shape index (κ3) is 3.85. The van der Waals surface area contributed by atoms with Gasteiger partial charge in [0, 0.05) is 15.3 Å². The molecule has 0 amide bonds. The molecule has 2 aromatic rings. The van der Waals surface area contributed by atoms with Crippen LogP contribution in [-0.4, -0.2) is 36.2 Å². The van der Waals surface area contributed by atoms with Crippen molar-refractivity contribution >= 4 is 17.3 Å². The highest BCUT2D eigenvalue weighted by Gasteiger charge is 2.32. The predicted octanol–water partition coefficient (Wildman–Crippen LogP) is 4.09. The number of ether oxygens (including phenoxy) is 1. The molecule has 6 heteroatoms. The lowest BCUT2D eigenvalue weighted by Gasteiger charge is -2.36. The number of methoxy groups -OCH3 is 1. The molecular weight excluding hydrogens is 341 g/mol. The van der Waals surface area contributed by atoms with Crippen LogP contribution in [0.4, 0.5) is 4.39 Å². The number of aliphatic carboxylic acids is 1. The summed E-state index contributed by atoms with van der Waals surface area (Å²) in [5.41, 5.74) is 0.790. The first-order chi connectivity index (χ1) is 12.0. The van der Waals surface area contributed by atoms with Crippen LogP contribution in [0.5, 0.6) is 5.75 Å². The smallest absolute Gasteiger partial charge is 0.306 e. The first-order valence-electron chi connectivity index (χ1n) is 8.36. The minimum Gasteiger partial charge on any atom is -0.496 e. The van der Waals surface area contributed by atoms with Crippen LogP contribution < -0.4 is 4.74 Å². The highest BCUT2D eigenvalue weighted by atomic mass is 32.1. The summed E-state index contributed by atoms with van der Waals surface area (Å²) in [7, 11) is 1.59. The summed E-state index contributed by atoms with van der Waals surface area (Å²) in [6.45, 7) is 3.38. The average molecular weight is 363 g/mol. The van der Waals surface area contributed by atoms with E-state index in [1.807, 2.05) is 6.92 Å². The predicted molar refractivity (Wildman–Crippen MR) is 95.8 cm³/mol. The van der Waals surface area contributed by atoms with Crippen LogP contribution in [0.3, 0.4) is 0 Å². The van der Waals surface area contributed by atoms with Gasteiger partial charge in [-0.15, -0.1) is 11.3 Å². The van der Waals surface area contributed by atoms with Gasteiger partial charge in [-0.05, 0) is 63.2 Å². The zero-order valence-corrected chi connectivity index (χ0v) is 15.2. The zero-order valence-electron chi connectivity index (χ0n) is 14.4. The lowest BCUT2D eigenvalue weighted by Crippen LogP contribution is -2.39.